The lowest BCUT2D eigenvalue weighted by Gasteiger charge is -2.22. The first-order chi connectivity index (χ1) is 63.9. The maximum atomic E-state index is 12.9. The summed E-state index contributed by atoms with van der Waals surface area (Å²) in [7, 11) is -48.3. The van der Waals surface area contributed by atoms with E-state index in [9.17, 15) is 103 Å². The van der Waals surface area contributed by atoms with Crippen LogP contribution < -0.4 is 0 Å². The van der Waals surface area contributed by atoms with E-state index in [2.05, 4.69) is 28.7 Å². The van der Waals surface area contributed by atoms with Gasteiger partial charge in [-0.2, -0.15) is 0 Å². The molecule has 0 amide bonds. The Morgan fingerprint density at radius 2 is 0.453 bits per heavy atom. The van der Waals surface area contributed by atoms with Crippen LogP contribution in [0.1, 0.15) is 138 Å². The zero-order valence-electron chi connectivity index (χ0n) is 74.1. The van der Waals surface area contributed by atoms with Crippen molar-refractivity contribution in [3.8, 4) is 0 Å². The van der Waals surface area contributed by atoms with Crippen LogP contribution in [0.2, 0.25) is 10.0 Å². The third-order valence-electron chi connectivity index (χ3n) is 20.4. The van der Waals surface area contributed by atoms with E-state index < -0.39 is 151 Å². The van der Waals surface area contributed by atoms with Crippen LogP contribution in [-0.4, -0.2) is 165 Å². The largest absolute Gasteiger partial charge is 0.504 e. The molecule has 0 atom stereocenters. The van der Waals surface area contributed by atoms with Gasteiger partial charge < -0.3 is 33.2 Å². The predicted octanol–water partition coefficient (Wildman–Crippen LogP) is 14.6. The van der Waals surface area contributed by atoms with E-state index in [1.54, 1.807) is 74.5 Å². The van der Waals surface area contributed by atoms with E-state index in [1.807, 2.05) is 41.5 Å². The molecule has 10 aromatic rings. The van der Waals surface area contributed by atoms with Crippen molar-refractivity contribution >= 4 is 164 Å². The highest BCUT2D eigenvalue weighted by Crippen LogP contribution is 2.34. The van der Waals surface area contributed by atoms with E-state index >= 15 is 0 Å². The van der Waals surface area contributed by atoms with Crippen LogP contribution in [0.4, 0.5) is 0 Å². The Balaban J connectivity index is 0.000000225. The van der Waals surface area contributed by atoms with Gasteiger partial charge in [0.05, 0.1) is 54.6 Å². The van der Waals surface area contributed by atoms with Crippen LogP contribution in [-0.2, 0) is 119 Å². The van der Waals surface area contributed by atoms with Gasteiger partial charge in [-0.05, 0) is 195 Å². The molecule has 0 spiro atoms. The normalized spacial score (nSPS) is 13.5. The van der Waals surface area contributed by atoms with Crippen LogP contribution in [0.3, 0.4) is 0 Å². The number of rotatable bonds is 13. The standard InChI is InChI=1S/C21H26N2O4S2.C15H14N2O4S2.C14H10N2O3S.C13H8Cl2N2O4S2.C13H22N2O4S2.C13H10N2O4S2/c1-20(2,3)15-7-11-17(12-8-15)28(24,25)19(23-22)29(26,27)18-13-9-16(10-14-18)21(4,5)6;1-11-3-7-13(8-4-11)22(18,19)15(17-16)23(20,21)14-9-5-12(2)6-10-14;15-16-14(13(17)11-7-3-1-4-8-11)20(18,19)12-9-5-2-6-10-12;14-9-1-5-11(6-2-9)22(18,19)13(17-16)23(20,21)12-7-3-10(15)4-8-12;2*14-15-13(20(16,17)11-7-3-1-4-8-11)21(18,19)12-9-5-2-6-10-12/h7-14H,1-6H3;3-10H,1-2H3;1-10H;1-8H;11-12H,1-10H2;1-10H. The Hall–Kier alpha value is -11.8. The lowest BCUT2D eigenvalue weighted by molar-refractivity contribution is -0.00162. The average Bonchev–Trinajstić information content (AvgIpc) is 0.784. The number of carbonyl (C=O) groups is 1. The first-order valence-corrected chi connectivity index (χ1v) is 57.7. The zero-order chi connectivity index (χ0) is 102. The molecular weight excluding hydrogens is 2030 g/mol. The number of hydrogen-bond donors (Lipinski definition) is 0. The maximum absolute atomic E-state index is 12.9. The summed E-state index contributed by atoms with van der Waals surface area (Å²) in [6.07, 6.45) is 6.79. The van der Waals surface area contributed by atoms with E-state index in [-0.39, 0.29) is 70.5 Å². The minimum atomic E-state index is -4.56. The molecule has 0 heterocycles. The van der Waals surface area contributed by atoms with Gasteiger partial charge in [0.2, 0.25) is 0 Å². The fourth-order valence-electron chi connectivity index (χ4n) is 12.9. The van der Waals surface area contributed by atoms with Gasteiger partial charge in [0.25, 0.3) is 114 Å². The highest BCUT2D eigenvalue weighted by molar-refractivity contribution is 8.33. The van der Waals surface area contributed by atoms with Gasteiger partial charge >= 0.3 is 26.9 Å². The summed E-state index contributed by atoms with van der Waals surface area (Å²) in [6, 6.07) is 61.4. The van der Waals surface area contributed by atoms with E-state index in [0.29, 0.717) is 25.7 Å². The van der Waals surface area contributed by atoms with Gasteiger partial charge in [0, 0.05) is 15.6 Å². The summed E-state index contributed by atoms with van der Waals surface area (Å²) in [5.74, 6) is -0.850. The number of halogens is 2. The molecule has 48 heteroatoms. The van der Waals surface area contributed by atoms with Crippen molar-refractivity contribution in [2.45, 2.75) is 185 Å². The topological polar surface area (TPSA) is 611 Å². The Kier molecular flexibility index (Phi) is 38.1. The number of Topliss-reactive ketones (excluding diaryl/α,β-unsaturated/α-hetero) is 1. The average molecular weight is 2120 g/mol. The quantitative estimate of drug-likeness (QED) is 0.0340. The van der Waals surface area contributed by atoms with Gasteiger partial charge in [-0.25, -0.2) is 92.6 Å². The van der Waals surface area contributed by atoms with Crippen molar-refractivity contribution in [2.24, 2.45) is 0 Å². The van der Waals surface area contributed by atoms with Crippen molar-refractivity contribution in [1.82, 2.24) is 0 Å². The summed E-state index contributed by atoms with van der Waals surface area (Å²) in [6.45, 7) is 15.4. The Morgan fingerprint density at radius 1 is 0.255 bits per heavy atom. The molecule has 0 radical (unpaired) electrons. The summed E-state index contributed by atoms with van der Waals surface area (Å²) < 4.78 is 269. The molecule has 0 N–H and O–H groups in total. The molecule has 137 heavy (non-hydrogen) atoms. The number of sulfone groups is 11. The third-order valence-corrected chi connectivity index (χ3v) is 44.6. The lowest BCUT2D eigenvalue weighted by Crippen LogP contribution is -2.40. The summed E-state index contributed by atoms with van der Waals surface area (Å²) in [5, 5.41) is -1.81. The summed E-state index contributed by atoms with van der Waals surface area (Å²) in [5.41, 5.74) is 57.5. The van der Waals surface area contributed by atoms with Gasteiger partial charge in [0.15, 0.2) is 0 Å². The molecule has 2 fully saturated rings. The Labute approximate surface area is 806 Å². The number of ketones is 1. The van der Waals surface area contributed by atoms with Crippen molar-refractivity contribution in [3.05, 3.63) is 338 Å². The molecule has 0 bridgehead atoms. The van der Waals surface area contributed by atoms with Crippen LogP contribution in [0.15, 0.2) is 311 Å². The second-order valence-corrected chi connectivity index (χ2v) is 55.3. The van der Waals surface area contributed by atoms with Crippen LogP contribution in [0.5, 0.6) is 0 Å². The first kappa shape index (κ1) is 112. The molecule has 2 aliphatic carbocycles. The van der Waals surface area contributed by atoms with Gasteiger partial charge in [0.1, 0.15) is 0 Å². The van der Waals surface area contributed by atoms with Crippen LogP contribution >= 0.6 is 23.2 Å². The van der Waals surface area contributed by atoms with Crippen LogP contribution in [0, 0.1) is 13.8 Å². The van der Waals surface area contributed by atoms with Crippen molar-refractivity contribution in [3.63, 3.8) is 0 Å². The minimum Gasteiger partial charge on any atom is -0.360 e. The highest BCUT2D eigenvalue weighted by atomic mass is 35.5. The van der Waals surface area contributed by atoms with E-state index in [1.165, 1.54) is 182 Å². The maximum Gasteiger partial charge on any atom is 0.504 e. The molecule has 35 nitrogen and oxygen atoms in total. The molecule has 10 aromatic carbocycles. The molecule has 2 aliphatic rings. The number of carbonyl (C=O) groups excluding carboxylic acids is 1. The first-order valence-electron chi connectivity index (χ1n) is 40.5. The summed E-state index contributed by atoms with van der Waals surface area (Å²) in [4.78, 5) is 25.4. The van der Waals surface area contributed by atoms with Crippen molar-refractivity contribution < 1.29 is 126 Å². The highest BCUT2D eigenvalue weighted by Gasteiger charge is 2.52. The van der Waals surface area contributed by atoms with Crippen LogP contribution in [0.25, 0.3) is 33.2 Å². The second kappa shape index (κ2) is 46.6. The molecule has 724 valence electrons. The van der Waals surface area contributed by atoms with Crippen molar-refractivity contribution in [2.75, 3.05) is 0 Å². The van der Waals surface area contributed by atoms with Gasteiger partial charge in [-0.3, -0.25) is 4.79 Å². The predicted molar refractivity (Wildman–Crippen MR) is 514 cm³/mol. The second-order valence-electron chi connectivity index (χ2n) is 32.1. The SMILES string of the molecule is CC(C)(C)c1ccc(S(=O)(=O)C(=[N+]=[N-])S(=O)(=O)c2ccc(C(C)(C)C)cc2)cc1.Cc1ccc(S(=O)(=O)C(=[N+]=[N-])S(=O)(=O)c2ccc(C)cc2)cc1.[N-]=[N+]=C(C(=O)c1ccccc1)S(=O)(=O)c1ccccc1.[N-]=[N+]=C(S(=O)(=O)C1CCCCC1)S(=O)(=O)C1CCCCC1.[N-]=[N+]=C(S(=O)(=O)c1ccc(Cl)cc1)S(=O)(=O)c1ccc(Cl)cc1.[N-]=[N+]=C(S(=O)(=O)c1ccccc1)S(=O)(=O)c1ccccc1. The molecule has 0 saturated heterocycles. The fraction of sp³-hybridized carbons (Fsp3) is 0.247. The Bertz CT molecular complexity index is 7320. The van der Waals surface area contributed by atoms with E-state index in [0.717, 1.165) is 85.0 Å². The fourth-order valence-corrected chi connectivity index (χ4v) is 32.6. The minimum absolute atomic E-state index is 0.0999. The molecule has 2 saturated carbocycles. The molecular formula is C89H90Cl2N12O23S11. The van der Waals surface area contributed by atoms with Gasteiger partial charge in [-0.15, -0.1) is 28.7 Å². The van der Waals surface area contributed by atoms with Gasteiger partial charge in [-0.1, -0.05) is 248 Å². The lowest BCUT2D eigenvalue weighted by atomic mass is 9.87. The smallest absolute Gasteiger partial charge is 0.360 e. The number of aryl methyl sites for hydroxylation is 2. The molecule has 0 aromatic heterocycles. The van der Waals surface area contributed by atoms with E-state index in [4.69, 9.17) is 50.9 Å². The monoisotopic (exact) mass is 2120 g/mol. The number of benzene rings is 10. The molecule has 12 rings (SSSR count). The zero-order valence-corrected chi connectivity index (χ0v) is 84.6. The Morgan fingerprint density at radius 3 is 0.664 bits per heavy atom. The van der Waals surface area contributed by atoms with Crippen molar-refractivity contribution in [1.29, 1.82) is 0 Å². The number of hydrogen-bond acceptors (Lipinski definition) is 23. The summed E-state index contributed by atoms with van der Waals surface area (Å²) >= 11 is 11.3. The molecule has 0 aliphatic heterocycles. The molecule has 0 unspecified atom stereocenters. The number of nitrogens with zero attached hydrogens (tertiary/aromatic N) is 12. The third kappa shape index (κ3) is 27.4.